The largest absolute Gasteiger partial charge is 0.293 e. The van der Waals surface area contributed by atoms with Gasteiger partial charge in [-0.25, -0.2) is 0 Å². The van der Waals surface area contributed by atoms with Crippen molar-refractivity contribution in [2.24, 2.45) is 5.92 Å². The predicted molar refractivity (Wildman–Crippen MR) is 98.1 cm³/mol. The summed E-state index contributed by atoms with van der Waals surface area (Å²) in [6, 6.07) is 25.1. The second-order valence-corrected chi connectivity index (χ2v) is 6.55. The van der Waals surface area contributed by atoms with Crippen LogP contribution in [0, 0.1) is 12.8 Å². The third-order valence-electron chi connectivity index (χ3n) is 4.95. The van der Waals surface area contributed by atoms with Gasteiger partial charge in [0.1, 0.15) is 0 Å². The Balaban J connectivity index is 1.86. The van der Waals surface area contributed by atoms with Crippen LogP contribution in [0.2, 0.25) is 0 Å². The molecule has 3 aromatic rings. The maximum atomic E-state index is 13.0. The monoisotopic (exact) mass is 326 g/mol. The molecule has 0 aromatic heterocycles. The Bertz CT molecular complexity index is 904. The summed E-state index contributed by atoms with van der Waals surface area (Å²) in [5.74, 6) is -1.11. The summed E-state index contributed by atoms with van der Waals surface area (Å²) in [7, 11) is 0. The molecule has 2 heteroatoms. The van der Waals surface area contributed by atoms with Gasteiger partial charge < -0.3 is 0 Å². The Morgan fingerprint density at radius 1 is 0.640 bits per heavy atom. The maximum absolute atomic E-state index is 13.0. The topological polar surface area (TPSA) is 34.1 Å². The third-order valence-corrected chi connectivity index (χ3v) is 4.95. The van der Waals surface area contributed by atoms with Crippen LogP contribution in [0.25, 0.3) is 0 Å². The molecule has 0 spiro atoms. The average molecular weight is 326 g/mol. The van der Waals surface area contributed by atoms with Crippen molar-refractivity contribution in [3.8, 4) is 0 Å². The van der Waals surface area contributed by atoms with Crippen LogP contribution >= 0.6 is 0 Å². The molecule has 0 saturated heterocycles. The van der Waals surface area contributed by atoms with E-state index < -0.39 is 5.92 Å². The summed E-state index contributed by atoms with van der Waals surface area (Å²) in [6.07, 6.45) is 0. The van der Waals surface area contributed by atoms with Crippen LogP contribution in [0.3, 0.4) is 0 Å². The highest BCUT2D eigenvalue weighted by molar-refractivity contribution is 6.27. The molecule has 0 heterocycles. The summed E-state index contributed by atoms with van der Waals surface area (Å²) in [6.45, 7) is 2.03. The van der Waals surface area contributed by atoms with Gasteiger partial charge in [-0.3, -0.25) is 9.59 Å². The number of carbonyl (C=O) groups excluding carboxylic acids is 2. The molecule has 1 unspecified atom stereocenters. The predicted octanol–water partition coefficient (Wildman–Crippen LogP) is 4.82. The van der Waals surface area contributed by atoms with Gasteiger partial charge in [-0.05, 0) is 18.1 Å². The van der Waals surface area contributed by atoms with E-state index in [1.165, 1.54) is 0 Å². The first-order valence-electron chi connectivity index (χ1n) is 8.46. The normalized spacial score (nSPS) is 15.2. The van der Waals surface area contributed by atoms with Crippen LogP contribution in [0.4, 0.5) is 0 Å². The molecule has 2 nitrogen and oxygen atoms in total. The van der Waals surface area contributed by atoms with Gasteiger partial charge in [-0.15, -0.1) is 0 Å². The SMILES string of the molecule is Cc1ccc(C(c2ccccc2)C2C(=O)c3ccccc3C2=O)cc1. The van der Waals surface area contributed by atoms with Crippen molar-refractivity contribution < 1.29 is 9.59 Å². The minimum atomic E-state index is -0.692. The molecule has 1 atom stereocenters. The molecule has 0 aliphatic heterocycles. The summed E-state index contributed by atoms with van der Waals surface area (Å²) in [5, 5.41) is 0. The molecule has 0 radical (unpaired) electrons. The molecule has 122 valence electrons. The maximum Gasteiger partial charge on any atom is 0.175 e. The third kappa shape index (κ3) is 2.60. The second kappa shape index (κ2) is 6.14. The van der Waals surface area contributed by atoms with E-state index in [-0.39, 0.29) is 17.5 Å². The van der Waals surface area contributed by atoms with Crippen LogP contribution in [0.15, 0.2) is 78.9 Å². The van der Waals surface area contributed by atoms with E-state index in [0.717, 1.165) is 16.7 Å². The van der Waals surface area contributed by atoms with E-state index in [9.17, 15) is 9.59 Å². The van der Waals surface area contributed by atoms with Gasteiger partial charge in [0.25, 0.3) is 0 Å². The van der Waals surface area contributed by atoms with Crippen molar-refractivity contribution in [1.29, 1.82) is 0 Å². The molecule has 4 rings (SSSR count). The average Bonchev–Trinajstić information content (AvgIpc) is 2.90. The first-order chi connectivity index (χ1) is 12.2. The molecular weight excluding hydrogens is 308 g/mol. The summed E-state index contributed by atoms with van der Waals surface area (Å²) in [4.78, 5) is 26.1. The number of ketones is 2. The molecule has 0 amide bonds. The number of hydrogen-bond donors (Lipinski definition) is 0. The van der Waals surface area contributed by atoms with Crippen molar-refractivity contribution in [2.75, 3.05) is 0 Å². The van der Waals surface area contributed by atoms with Gasteiger partial charge in [-0.2, -0.15) is 0 Å². The molecule has 1 aliphatic carbocycles. The van der Waals surface area contributed by atoms with Crippen molar-refractivity contribution in [3.63, 3.8) is 0 Å². The van der Waals surface area contributed by atoms with Crippen molar-refractivity contribution in [2.45, 2.75) is 12.8 Å². The smallest absolute Gasteiger partial charge is 0.175 e. The number of hydrogen-bond acceptors (Lipinski definition) is 2. The molecule has 0 N–H and O–H groups in total. The van der Waals surface area contributed by atoms with Gasteiger partial charge in [0.2, 0.25) is 0 Å². The Hall–Kier alpha value is -3.00. The van der Waals surface area contributed by atoms with E-state index in [1.54, 1.807) is 12.1 Å². The first-order valence-corrected chi connectivity index (χ1v) is 8.46. The lowest BCUT2D eigenvalue weighted by Gasteiger charge is -2.23. The first kappa shape index (κ1) is 15.5. The minimum absolute atomic E-state index is 0.0740. The number of Topliss-reactive ketones (excluding diaryl/α,β-unsaturated/α-hetero) is 2. The van der Waals surface area contributed by atoms with Crippen LogP contribution < -0.4 is 0 Å². The zero-order valence-electron chi connectivity index (χ0n) is 14.0. The van der Waals surface area contributed by atoms with Crippen LogP contribution in [-0.4, -0.2) is 11.6 Å². The fourth-order valence-corrected chi connectivity index (χ4v) is 3.68. The number of carbonyl (C=O) groups is 2. The molecular formula is C23H18O2. The van der Waals surface area contributed by atoms with Gasteiger partial charge in [0.05, 0.1) is 5.92 Å². The quantitative estimate of drug-likeness (QED) is 0.647. The second-order valence-electron chi connectivity index (χ2n) is 6.55. The highest BCUT2D eigenvalue weighted by atomic mass is 16.2. The van der Waals surface area contributed by atoms with E-state index >= 15 is 0 Å². The van der Waals surface area contributed by atoms with Crippen molar-refractivity contribution in [3.05, 3.63) is 107 Å². The van der Waals surface area contributed by atoms with E-state index in [0.29, 0.717) is 11.1 Å². The summed E-state index contributed by atoms with van der Waals surface area (Å²) >= 11 is 0. The lowest BCUT2D eigenvalue weighted by atomic mass is 9.78. The van der Waals surface area contributed by atoms with Gasteiger partial charge in [-0.1, -0.05) is 84.4 Å². The van der Waals surface area contributed by atoms with Gasteiger partial charge in [0.15, 0.2) is 11.6 Å². The van der Waals surface area contributed by atoms with Gasteiger partial charge >= 0.3 is 0 Å². The Labute approximate surface area is 147 Å². The van der Waals surface area contributed by atoms with Crippen LogP contribution in [0.1, 0.15) is 43.3 Å². The van der Waals surface area contributed by atoms with Crippen LogP contribution in [-0.2, 0) is 0 Å². The summed E-state index contributed by atoms with van der Waals surface area (Å²) in [5.41, 5.74) is 4.24. The lowest BCUT2D eigenvalue weighted by Crippen LogP contribution is -2.25. The fourth-order valence-electron chi connectivity index (χ4n) is 3.68. The van der Waals surface area contributed by atoms with Crippen molar-refractivity contribution in [1.82, 2.24) is 0 Å². The number of fused-ring (bicyclic) bond motifs is 1. The van der Waals surface area contributed by atoms with E-state index in [2.05, 4.69) is 0 Å². The molecule has 3 aromatic carbocycles. The number of benzene rings is 3. The summed E-state index contributed by atoms with van der Waals surface area (Å²) < 4.78 is 0. The number of rotatable bonds is 3. The zero-order valence-corrected chi connectivity index (χ0v) is 14.0. The molecule has 1 aliphatic rings. The minimum Gasteiger partial charge on any atom is -0.293 e. The molecule has 0 fully saturated rings. The lowest BCUT2D eigenvalue weighted by molar-refractivity contribution is 0.0825. The van der Waals surface area contributed by atoms with Gasteiger partial charge in [0, 0.05) is 17.0 Å². The standard InChI is InChI=1S/C23H18O2/c1-15-11-13-17(14-12-15)20(16-7-3-2-4-8-16)21-22(24)18-9-5-6-10-19(18)23(21)25/h2-14,20-21H,1H3. The highest BCUT2D eigenvalue weighted by Crippen LogP contribution is 2.40. The Kier molecular flexibility index (Phi) is 3.81. The fraction of sp³-hybridized carbons (Fsp3) is 0.130. The molecule has 0 bridgehead atoms. The van der Waals surface area contributed by atoms with Crippen molar-refractivity contribution >= 4 is 11.6 Å². The Morgan fingerprint density at radius 2 is 1.12 bits per heavy atom. The van der Waals surface area contributed by atoms with E-state index in [1.807, 2.05) is 73.7 Å². The number of aryl methyl sites for hydroxylation is 1. The zero-order chi connectivity index (χ0) is 17.4. The molecule has 0 saturated carbocycles. The van der Waals surface area contributed by atoms with E-state index in [4.69, 9.17) is 0 Å². The Morgan fingerprint density at radius 3 is 1.68 bits per heavy atom. The van der Waals surface area contributed by atoms with Crippen LogP contribution in [0.5, 0.6) is 0 Å². The highest BCUT2D eigenvalue weighted by Gasteiger charge is 2.44. The molecule has 25 heavy (non-hydrogen) atoms.